The van der Waals surface area contributed by atoms with Gasteiger partial charge in [0.05, 0.1) is 29.6 Å². The highest BCUT2D eigenvalue weighted by molar-refractivity contribution is 6.53. The van der Waals surface area contributed by atoms with Crippen molar-refractivity contribution in [3.63, 3.8) is 0 Å². The number of hydrogen-bond acceptors (Lipinski definition) is 7. The van der Waals surface area contributed by atoms with Crippen LogP contribution in [0.4, 0.5) is 17.1 Å². The van der Waals surface area contributed by atoms with Crippen molar-refractivity contribution in [3.05, 3.63) is 94.7 Å². The highest BCUT2D eigenvalue weighted by atomic mass is 35.5. The van der Waals surface area contributed by atoms with E-state index < -0.39 is 23.7 Å². The van der Waals surface area contributed by atoms with Gasteiger partial charge in [0, 0.05) is 11.3 Å². The summed E-state index contributed by atoms with van der Waals surface area (Å²) in [6.45, 7) is 5.70. The van der Waals surface area contributed by atoms with E-state index in [1.165, 1.54) is 30.3 Å². The molecule has 1 aliphatic rings. The van der Waals surface area contributed by atoms with Crippen molar-refractivity contribution >= 4 is 52.4 Å². The molecule has 1 aliphatic heterocycles. The molecule has 2 N–H and O–H groups in total. The maximum absolute atomic E-state index is 13.2. The standard InChI is InChI=1S/C29H26ClN3O6/c1-4-38-29(37)18-12-14-21(15-13-18)33-27(35)24(30)25(28(33)36)31-20-9-7-8-19(16-20)26(34)32-22-10-5-6-11-23(22)39-17(2)3/h5-17,31H,4H2,1-3H3,(H,32,34). The zero-order valence-corrected chi connectivity index (χ0v) is 22.2. The molecule has 3 aromatic rings. The number of para-hydroxylation sites is 2. The predicted octanol–water partition coefficient (Wildman–Crippen LogP) is 5.34. The zero-order valence-electron chi connectivity index (χ0n) is 21.5. The van der Waals surface area contributed by atoms with Crippen molar-refractivity contribution in [2.75, 3.05) is 22.1 Å². The first-order valence-corrected chi connectivity index (χ1v) is 12.6. The van der Waals surface area contributed by atoms with Gasteiger partial charge in [0.25, 0.3) is 17.7 Å². The molecule has 0 radical (unpaired) electrons. The Morgan fingerprint density at radius 3 is 2.33 bits per heavy atom. The third-order valence-corrected chi connectivity index (χ3v) is 5.91. The molecule has 10 heteroatoms. The quantitative estimate of drug-likeness (QED) is 0.274. The van der Waals surface area contributed by atoms with Crippen LogP contribution in [-0.4, -0.2) is 36.4 Å². The van der Waals surface area contributed by atoms with Gasteiger partial charge < -0.3 is 20.1 Å². The van der Waals surface area contributed by atoms with Crippen LogP contribution in [0, 0.1) is 0 Å². The number of rotatable bonds is 9. The predicted molar refractivity (Wildman–Crippen MR) is 148 cm³/mol. The molecule has 0 spiro atoms. The number of esters is 1. The lowest BCUT2D eigenvalue weighted by Gasteiger charge is -2.16. The van der Waals surface area contributed by atoms with Gasteiger partial charge in [0.15, 0.2) is 0 Å². The number of imide groups is 1. The molecule has 0 atom stereocenters. The average molecular weight is 548 g/mol. The third kappa shape index (κ3) is 6.10. The van der Waals surface area contributed by atoms with Crippen molar-refractivity contribution in [1.29, 1.82) is 0 Å². The molecule has 0 fully saturated rings. The molecule has 200 valence electrons. The Labute approximate surface area is 230 Å². The number of carbonyl (C=O) groups excluding carboxylic acids is 4. The molecule has 39 heavy (non-hydrogen) atoms. The van der Waals surface area contributed by atoms with Gasteiger partial charge in [-0.3, -0.25) is 14.4 Å². The third-order valence-electron chi connectivity index (χ3n) is 5.56. The number of nitrogens with zero attached hydrogens (tertiary/aromatic N) is 1. The molecule has 0 saturated heterocycles. The second kappa shape index (κ2) is 11.8. The highest BCUT2D eigenvalue weighted by Crippen LogP contribution is 2.31. The van der Waals surface area contributed by atoms with E-state index in [9.17, 15) is 19.2 Å². The fourth-order valence-corrected chi connectivity index (χ4v) is 4.02. The van der Waals surface area contributed by atoms with Crippen molar-refractivity contribution in [1.82, 2.24) is 0 Å². The summed E-state index contributed by atoms with van der Waals surface area (Å²) in [5.41, 5.74) is 1.59. The van der Waals surface area contributed by atoms with E-state index >= 15 is 0 Å². The number of ether oxygens (including phenoxy) is 2. The number of nitrogens with one attached hydrogen (secondary N) is 2. The Balaban J connectivity index is 1.50. The Morgan fingerprint density at radius 1 is 0.923 bits per heavy atom. The molecule has 4 rings (SSSR count). The van der Waals surface area contributed by atoms with Crippen LogP contribution in [0.3, 0.4) is 0 Å². The van der Waals surface area contributed by atoms with E-state index in [0.717, 1.165) is 4.90 Å². The number of benzene rings is 3. The summed E-state index contributed by atoms with van der Waals surface area (Å²) in [4.78, 5) is 51.8. The molecule has 0 bridgehead atoms. The second-order valence-corrected chi connectivity index (χ2v) is 9.10. The van der Waals surface area contributed by atoms with Gasteiger partial charge in [-0.05, 0) is 75.4 Å². The first-order chi connectivity index (χ1) is 18.7. The van der Waals surface area contributed by atoms with Crippen molar-refractivity contribution < 1.29 is 28.7 Å². The minimum absolute atomic E-state index is 0.0738. The fourth-order valence-electron chi connectivity index (χ4n) is 3.81. The Bertz CT molecular complexity index is 1470. The van der Waals surface area contributed by atoms with Gasteiger partial charge in [-0.2, -0.15) is 0 Å². The van der Waals surface area contributed by atoms with Gasteiger partial charge in [-0.1, -0.05) is 29.8 Å². The highest BCUT2D eigenvalue weighted by Gasteiger charge is 2.39. The van der Waals surface area contributed by atoms with Crippen molar-refractivity contribution in [2.45, 2.75) is 26.9 Å². The molecular weight excluding hydrogens is 522 g/mol. The van der Waals surface area contributed by atoms with Crippen LogP contribution in [0.2, 0.25) is 0 Å². The molecule has 0 aromatic heterocycles. The Morgan fingerprint density at radius 2 is 1.64 bits per heavy atom. The SMILES string of the molecule is CCOC(=O)c1ccc(N2C(=O)C(Cl)=C(Nc3cccc(C(=O)Nc4ccccc4OC(C)C)c3)C2=O)cc1. The van der Waals surface area contributed by atoms with Crippen LogP contribution in [-0.2, 0) is 14.3 Å². The number of anilines is 3. The number of amides is 3. The molecule has 0 unspecified atom stereocenters. The fraction of sp³-hybridized carbons (Fsp3) is 0.172. The van der Waals surface area contributed by atoms with Crippen LogP contribution < -0.4 is 20.3 Å². The maximum atomic E-state index is 13.2. The van der Waals surface area contributed by atoms with E-state index in [1.54, 1.807) is 43.3 Å². The summed E-state index contributed by atoms with van der Waals surface area (Å²) in [6.07, 6.45) is -0.0738. The monoisotopic (exact) mass is 547 g/mol. The van der Waals surface area contributed by atoms with E-state index in [4.69, 9.17) is 21.1 Å². The first kappa shape index (κ1) is 27.4. The molecule has 3 aromatic carbocycles. The molecule has 1 heterocycles. The molecule has 3 amide bonds. The van der Waals surface area contributed by atoms with Crippen molar-refractivity contribution in [3.8, 4) is 5.75 Å². The van der Waals surface area contributed by atoms with E-state index in [0.29, 0.717) is 22.7 Å². The largest absolute Gasteiger partial charge is 0.489 e. The summed E-state index contributed by atoms with van der Waals surface area (Å²) in [7, 11) is 0. The molecule has 0 aliphatic carbocycles. The number of carbonyl (C=O) groups is 4. The number of halogens is 1. The van der Waals surface area contributed by atoms with E-state index in [-0.39, 0.29) is 34.7 Å². The van der Waals surface area contributed by atoms with Crippen LogP contribution in [0.15, 0.2) is 83.5 Å². The smallest absolute Gasteiger partial charge is 0.338 e. The molecular formula is C29H26ClN3O6. The summed E-state index contributed by atoms with van der Waals surface area (Å²) in [5.74, 6) is -1.76. The lowest BCUT2D eigenvalue weighted by molar-refractivity contribution is -0.120. The minimum atomic E-state index is -0.719. The van der Waals surface area contributed by atoms with Crippen LogP contribution in [0.1, 0.15) is 41.5 Å². The van der Waals surface area contributed by atoms with Gasteiger partial charge in [-0.25, -0.2) is 9.69 Å². The second-order valence-electron chi connectivity index (χ2n) is 8.72. The minimum Gasteiger partial charge on any atom is -0.489 e. The van der Waals surface area contributed by atoms with Gasteiger partial charge in [-0.15, -0.1) is 0 Å². The van der Waals surface area contributed by atoms with Crippen LogP contribution >= 0.6 is 11.6 Å². The summed E-state index contributed by atoms with van der Waals surface area (Å²) < 4.78 is 10.7. The van der Waals surface area contributed by atoms with Gasteiger partial charge in [0.1, 0.15) is 16.5 Å². The average Bonchev–Trinajstić information content (AvgIpc) is 3.12. The number of hydrogen-bond donors (Lipinski definition) is 2. The van der Waals surface area contributed by atoms with Gasteiger partial charge in [0.2, 0.25) is 0 Å². The van der Waals surface area contributed by atoms with Crippen LogP contribution in [0.5, 0.6) is 5.75 Å². The zero-order chi connectivity index (χ0) is 28.1. The lowest BCUT2D eigenvalue weighted by Crippen LogP contribution is -2.32. The summed E-state index contributed by atoms with van der Waals surface area (Å²) in [5, 5.41) is 5.40. The van der Waals surface area contributed by atoms with Crippen molar-refractivity contribution in [2.24, 2.45) is 0 Å². The summed E-state index contributed by atoms with van der Waals surface area (Å²) >= 11 is 6.25. The Kier molecular flexibility index (Phi) is 8.31. The molecule has 0 saturated carbocycles. The van der Waals surface area contributed by atoms with Crippen LogP contribution in [0.25, 0.3) is 0 Å². The maximum Gasteiger partial charge on any atom is 0.338 e. The lowest BCUT2D eigenvalue weighted by atomic mass is 10.1. The first-order valence-electron chi connectivity index (χ1n) is 12.2. The Hall–Kier alpha value is -4.63. The van der Waals surface area contributed by atoms with Gasteiger partial charge >= 0.3 is 5.97 Å². The molecule has 9 nitrogen and oxygen atoms in total. The van der Waals surface area contributed by atoms with E-state index in [1.807, 2.05) is 19.9 Å². The summed E-state index contributed by atoms with van der Waals surface area (Å²) in [6, 6.07) is 19.4. The van der Waals surface area contributed by atoms with E-state index in [2.05, 4.69) is 10.6 Å². The topological polar surface area (TPSA) is 114 Å². The normalized spacial score (nSPS) is 13.1.